The number of non-ortho nitro benzene ring substituents is 2. The minimum absolute atomic E-state index is 0.00503. The van der Waals surface area contributed by atoms with Gasteiger partial charge >= 0.3 is 0 Å². The summed E-state index contributed by atoms with van der Waals surface area (Å²) >= 11 is 0. The fourth-order valence-corrected chi connectivity index (χ4v) is 6.81. The van der Waals surface area contributed by atoms with E-state index in [4.69, 9.17) is 0 Å². The van der Waals surface area contributed by atoms with Gasteiger partial charge in [-0.1, -0.05) is 65.8 Å². The number of aliphatic hydroxyl groups excluding tert-OH is 2. The Labute approximate surface area is 283 Å². The monoisotopic (exact) mass is 668 g/mol. The molecule has 0 aromatic heterocycles. The molecule has 0 unspecified atom stereocenters. The summed E-state index contributed by atoms with van der Waals surface area (Å²) in [5.74, 6) is 1.00. The van der Waals surface area contributed by atoms with Crippen LogP contribution in [0.2, 0.25) is 0 Å². The molecule has 2 fully saturated rings. The Morgan fingerprint density at radius 2 is 0.958 bits per heavy atom. The molecule has 2 aliphatic rings. The average molecular weight is 669 g/mol. The van der Waals surface area contributed by atoms with Gasteiger partial charge in [0.05, 0.1) is 35.1 Å². The van der Waals surface area contributed by atoms with Gasteiger partial charge in [-0.3, -0.25) is 29.8 Å². The molecule has 2 aliphatic heterocycles. The number of nitro benzene ring substituents is 2. The van der Waals surface area contributed by atoms with E-state index in [2.05, 4.69) is 41.5 Å². The van der Waals surface area contributed by atoms with Crippen molar-refractivity contribution in [3.8, 4) is 0 Å². The van der Waals surface area contributed by atoms with Crippen molar-refractivity contribution in [2.24, 2.45) is 22.7 Å². The molecule has 4 atom stereocenters. The number of carbonyl (C=O) groups excluding carboxylic acids is 2. The normalized spacial score (nSPS) is 20.6. The van der Waals surface area contributed by atoms with Gasteiger partial charge in [-0.2, -0.15) is 0 Å². The maximum atomic E-state index is 12.5. The number of rotatable bonds is 8. The summed E-state index contributed by atoms with van der Waals surface area (Å²) in [5, 5.41) is 41.2. The highest BCUT2D eigenvalue weighted by Gasteiger charge is 2.34. The molecule has 0 spiro atoms. The highest BCUT2D eigenvalue weighted by molar-refractivity contribution is 5.77. The smallest absolute Gasteiger partial charge is 0.269 e. The highest BCUT2D eigenvalue weighted by atomic mass is 16.6. The molecule has 2 N–H and O–H groups in total. The number of nitro groups is 2. The zero-order valence-corrected chi connectivity index (χ0v) is 29.1. The zero-order valence-electron chi connectivity index (χ0n) is 29.1. The van der Waals surface area contributed by atoms with E-state index in [1.807, 2.05) is 0 Å². The predicted molar refractivity (Wildman–Crippen MR) is 183 cm³/mol. The van der Waals surface area contributed by atoms with Crippen LogP contribution in [0.3, 0.4) is 0 Å². The lowest BCUT2D eigenvalue weighted by atomic mass is 9.76. The SMILES string of the molecule is CC(C)(C)[C@H]1CCC(=O)N([C@@H](CO)c2ccc([N+](=O)[O-])cc2)CC1.CC(C)(C)[C@H]1CCC(=O)N([C@@H](CO)c2ccc([N+](=O)[O-])cc2)CC1. The third kappa shape index (κ3) is 10.1. The second kappa shape index (κ2) is 16.5. The first kappa shape index (κ1) is 38.5. The molecule has 4 rings (SSSR count). The van der Waals surface area contributed by atoms with Crippen LogP contribution < -0.4 is 0 Å². The fourth-order valence-electron chi connectivity index (χ4n) is 6.81. The Hall–Kier alpha value is -3.90. The number of aliphatic hydroxyl groups is 2. The fraction of sp³-hybridized carbons (Fsp3) is 0.611. The van der Waals surface area contributed by atoms with E-state index in [9.17, 15) is 40.0 Å². The maximum absolute atomic E-state index is 12.5. The van der Waals surface area contributed by atoms with E-state index in [1.165, 1.54) is 24.3 Å². The molecular weight excluding hydrogens is 616 g/mol. The number of hydrogen-bond acceptors (Lipinski definition) is 8. The van der Waals surface area contributed by atoms with Crippen LogP contribution >= 0.6 is 0 Å². The van der Waals surface area contributed by atoms with Crippen molar-refractivity contribution in [2.75, 3.05) is 26.3 Å². The van der Waals surface area contributed by atoms with Crippen LogP contribution in [0.25, 0.3) is 0 Å². The number of benzene rings is 2. The van der Waals surface area contributed by atoms with Gasteiger partial charge in [-0.25, -0.2) is 0 Å². The van der Waals surface area contributed by atoms with E-state index in [0.717, 1.165) is 36.8 Å². The van der Waals surface area contributed by atoms with Gasteiger partial charge in [0.1, 0.15) is 0 Å². The molecule has 0 radical (unpaired) electrons. The maximum Gasteiger partial charge on any atom is 0.269 e. The van der Waals surface area contributed by atoms with Crippen LogP contribution in [0.4, 0.5) is 11.4 Å². The molecular formula is C36H52N4O8. The minimum atomic E-state index is -0.456. The standard InChI is InChI=1S/2C18H26N2O4/c2*1-18(2,3)14-6-9-17(22)19(11-10-14)16(12-21)13-4-7-15(8-5-13)20(23)24/h2*4-5,7-8,14,16,21H,6,9-12H2,1-3H3/t2*14-,16-/m00/s1. The zero-order chi connectivity index (χ0) is 35.8. The molecule has 2 aromatic carbocycles. The van der Waals surface area contributed by atoms with Crippen LogP contribution in [-0.2, 0) is 9.59 Å². The first-order valence-electron chi connectivity index (χ1n) is 16.8. The first-order valence-corrected chi connectivity index (χ1v) is 16.8. The van der Waals surface area contributed by atoms with Gasteiger partial charge < -0.3 is 20.0 Å². The number of likely N-dealkylation sites (tertiary alicyclic amines) is 2. The largest absolute Gasteiger partial charge is 0.394 e. The van der Waals surface area contributed by atoms with E-state index in [1.54, 1.807) is 34.1 Å². The second-order valence-electron chi connectivity index (χ2n) is 15.0. The second-order valence-corrected chi connectivity index (χ2v) is 15.0. The van der Waals surface area contributed by atoms with E-state index < -0.39 is 21.9 Å². The van der Waals surface area contributed by atoms with Crippen LogP contribution in [0.15, 0.2) is 48.5 Å². The lowest BCUT2D eigenvalue weighted by Gasteiger charge is -2.32. The molecule has 48 heavy (non-hydrogen) atoms. The van der Waals surface area contributed by atoms with E-state index in [0.29, 0.717) is 37.8 Å². The number of hydrogen-bond donors (Lipinski definition) is 2. The third-order valence-electron chi connectivity index (χ3n) is 10.0. The van der Waals surface area contributed by atoms with Gasteiger partial charge in [0.2, 0.25) is 11.8 Å². The van der Waals surface area contributed by atoms with Crippen LogP contribution in [0, 0.1) is 42.9 Å². The molecule has 12 heteroatoms. The van der Waals surface area contributed by atoms with Gasteiger partial charge in [0.15, 0.2) is 0 Å². The quantitative estimate of drug-likeness (QED) is 0.234. The topological polar surface area (TPSA) is 167 Å². The van der Waals surface area contributed by atoms with Crippen LogP contribution in [-0.4, -0.2) is 68.0 Å². The Morgan fingerprint density at radius 1 is 0.646 bits per heavy atom. The molecule has 2 saturated heterocycles. The van der Waals surface area contributed by atoms with Crippen molar-refractivity contribution >= 4 is 23.2 Å². The van der Waals surface area contributed by atoms with Gasteiger partial charge in [0.25, 0.3) is 11.4 Å². The van der Waals surface area contributed by atoms with Crippen molar-refractivity contribution in [3.63, 3.8) is 0 Å². The van der Waals surface area contributed by atoms with Crippen molar-refractivity contribution in [1.29, 1.82) is 0 Å². The Balaban J connectivity index is 0.000000260. The summed E-state index contributed by atoms with van der Waals surface area (Å²) in [5.41, 5.74) is 1.77. The number of nitrogens with zero attached hydrogens (tertiary/aromatic N) is 4. The summed E-state index contributed by atoms with van der Waals surface area (Å²) in [6, 6.07) is 11.3. The highest BCUT2D eigenvalue weighted by Crippen LogP contribution is 2.38. The minimum Gasteiger partial charge on any atom is -0.394 e. The van der Waals surface area contributed by atoms with Crippen molar-refractivity contribution in [1.82, 2.24) is 9.80 Å². The molecule has 12 nitrogen and oxygen atoms in total. The van der Waals surface area contributed by atoms with E-state index in [-0.39, 0.29) is 47.2 Å². The lowest BCUT2D eigenvalue weighted by molar-refractivity contribution is -0.385. The lowest BCUT2D eigenvalue weighted by Crippen LogP contribution is -2.36. The molecule has 0 saturated carbocycles. The first-order chi connectivity index (χ1) is 22.5. The summed E-state index contributed by atoms with van der Waals surface area (Å²) < 4.78 is 0. The molecule has 2 aromatic rings. The summed E-state index contributed by atoms with van der Waals surface area (Å²) in [6.07, 6.45) is 4.47. The number of carbonyl (C=O) groups is 2. The van der Waals surface area contributed by atoms with Gasteiger partial charge in [0, 0.05) is 50.2 Å². The van der Waals surface area contributed by atoms with Crippen LogP contribution in [0.5, 0.6) is 0 Å². The Morgan fingerprint density at radius 3 is 1.21 bits per heavy atom. The molecule has 264 valence electrons. The molecule has 2 heterocycles. The van der Waals surface area contributed by atoms with Crippen molar-refractivity contribution in [2.45, 2.75) is 92.2 Å². The number of amides is 2. The third-order valence-corrected chi connectivity index (χ3v) is 10.0. The van der Waals surface area contributed by atoms with Gasteiger partial charge in [-0.05, 0) is 59.5 Å². The summed E-state index contributed by atoms with van der Waals surface area (Å²) in [4.78, 5) is 49.2. The Kier molecular flexibility index (Phi) is 13.2. The van der Waals surface area contributed by atoms with Crippen molar-refractivity contribution in [3.05, 3.63) is 79.9 Å². The molecule has 0 aliphatic carbocycles. The van der Waals surface area contributed by atoms with E-state index >= 15 is 0 Å². The molecule has 0 bridgehead atoms. The van der Waals surface area contributed by atoms with Crippen LogP contribution in [0.1, 0.15) is 103 Å². The predicted octanol–water partition coefficient (Wildman–Crippen LogP) is 6.61. The van der Waals surface area contributed by atoms with Crippen molar-refractivity contribution < 1.29 is 29.6 Å². The Bertz CT molecular complexity index is 1290. The van der Waals surface area contributed by atoms with Gasteiger partial charge in [-0.15, -0.1) is 0 Å². The summed E-state index contributed by atoms with van der Waals surface area (Å²) in [7, 11) is 0. The molecule has 2 amide bonds. The summed E-state index contributed by atoms with van der Waals surface area (Å²) in [6.45, 7) is 14.0. The average Bonchev–Trinajstić information content (AvgIpc) is 3.35.